The number of aromatic nitrogens is 4. The van der Waals surface area contributed by atoms with Gasteiger partial charge in [-0.3, -0.25) is 4.57 Å². The van der Waals surface area contributed by atoms with Crippen molar-refractivity contribution in [1.29, 1.82) is 0 Å². The van der Waals surface area contributed by atoms with Gasteiger partial charge in [-0.05, 0) is 64.0 Å². The Labute approximate surface area is 334 Å². The van der Waals surface area contributed by atoms with Gasteiger partial charge in [-0.25, -0.2) is 9.97 Å². The van der Waals surface area contributed by atoms with E-state index in [2.05, 4.69) is 215 Å². The van der Waals surface area contributed by atoms with E-state index in [0.717, 1.165) is 61.0 Å². The van der Waals surface area contributed by atoms with Gasteiger partial charge in [0.15, 0.2) is 0 Å². The molecule has 4 aromatic heterocycles. The average Bonchev–Trinajstić information content (AvgIpc) is 3.87. The lowest BCUT2D eigenvalue weighted by molar-refractivity contribution is 0.996. The number of nitrogens with zero attached hydrogens (tertiary/aromatic N) is 4. The van der Waals surface area contributed by atoms with Gasteiger partial charge in [-0.1, -0.05) is 170 Å². The van der Waals surface area contributed by atoms with Crippen LogP contribution in [0.25, 0.3) is 111 Å². The van der Waals surface area contributed by atoms with E-state index in [1.54, 1.807) is 0 Å². The Morgan fingerprint density at radius 2 is 0.776 bits per heavy atom. The van der Waals surface area contributed by atoms with Crippen molar-refractivity contribution in [2.24, 2.45) is 0 Å². The Bertz CT molecular complexity index is 3460. The number of rotatable bonds is 5. The molecule has 0 aliphatic rings. The fourth-order valence-corrected chi connectivity index (χ4v) is 9.04. The molecule has 0 saturated heterocycles. The molecule has 0 amide bonds. The third-order valence-electron chi connectivity index (χ3n) is 11.7. The van der Waals surface area contributed by atoms with Gasteiger partial charge in [0.05, 0.1) is 39.0 Å². The molecule has 270 valence electrons. The summed E-state index contributed by atoms with van der Waals surface area (Å²) in [5, 5.41) is 7.19. The third-order valence-corrected chi connectivity index (χ3v) is 11.7. The topological polar surface area (TPSA) is 35.1 Å². The van der Waals surface area contributed by atoms with Crippen LogP contribution in [-0.4, -0.2) is 18.9 Å². The highest BCUT2D eigenvalue weighted by Crippen LogP contribution is 2.41. The molecule has 0 aliphatic heterocycles. The van der Waals surface area contributed by atoms with E-state index in [0.29, 0.717) is 5.95 Å². The molecular formula is C54H34N4. The molecule has 4 heterocycles. The zero-order valence-electron chi connectivity index (χ0n) is 31.4. The average molecular weight is 739 g/mol. The molecule has 0 bridgehead atoms. The normalized spacial score (nSPS) is 11.8. The Kier molecular flexibility index (Phi) is 7.20. The van der Waals surface area contributed by atoms with Crippen molar-refractivity contribution in [2.75, 3.05) is 0 Å². The first kappa shape index (κ1) is 32.4. The lowest BCUT2D eigenvalue weighted by Gasteiger charge is -2.14. The first-order chi connectivity index (χ1) is 28.8. The lowest BCUT2D eigenvalue weighted by Crippen LogP contribution is -2.05. The summed E-state index contributed by atoms with van der Waals surface area (Å²) < 4.78 is 4.76. The van der Waals surface area contributed by atoms with Crippen LogP contribution in [-0.2, 0) is 0 Å². The van der Waals surface area contributed by atoms with E-state index in [1.165, 1.54) is 43.7 Å². The van der Waals surface area contributed by atoms with Crippen molar-refractivity contribution in [3.63, 3.8) is 0 Å². The highest BCUT2D eigenvalue weighted by atomic mass is 15.2. The summed E-state index contributed by atoms with van der Waals surface area (Å²) >= 11 is 0. The number of fused-ring (bicyclic) bond motifs is 12. The highest BCUT2D eigenvalue weighted by Gasteiger charge is 2.22. The summed E-state index contributed by atoms with van der Waals surface area (Å²) in [4.78, 5) is 11.0. The number of hydrogen-bond donors (Lipinski definition) is 0. The molecule has 0 fully saturated rings. The molecule has 12 rings (SSSR count). The number of pyridine rings is 1. The summed E-state index contributed by atoms with van der Waals surface area (Å²) in [5.74, 6) is 0.626. The quantitative estimate of drug-likeness (QED) is 0.165. The molecule has 0 atom stereocenters. The van der Waals surface area contributed by atoms with Crippen molar-refractivity contribution in [3.8, 4) is 50.7 Å². The first-order valence-electron chi connectivity index (χ1n) is 19.7. The molecule has 58 heavy (non-hydrogen) atoms. The summed E-state index contributed by atoms with van der Waals surface area (Å²) in [6, 6.07) is 73.7. The number of hydrogen-bond acceptors (Lipinski definition) is 2. The summed E-state index contributed by atoms with van der Waals surface area (Å²) in [6.07, 6.45) is 0. The molecule has 0 aliphatic carbocycles. The Morgan fingerprint density at radius 1 is 0.293 bits per heavy atom. The Morgan fingerprint density at radius 3 is 1.40 bits per heavy atom. The van der Waals surface area contributed by atoms with E-state index in [4.69, 9.17) is 9.97 Å². The van der Waals surface area contributed by atoms with Crippen molar-refractivity contribution < 1.29 is 0 Å². The van der Waals surface area contributed by atoms with Gasteiger partial charge in [0, 0.05) is 38.1 Å². The molecule has 4 heteroatoms. The maximum atomic E-state index is 5.51. The molecule has 0 saturated carbocycles. The fraction of sp³-hybridized carbons (Fsp3) is 0. The summed E-state index contributed by atoms with van der Waals surface area (Å²) in [7, 11) is 0. The molecule has 0 N–H and O–H groups in total. The molecule has 4 nitrogen and oxygen atoms in total. The van der Waals surface area contributed by atoms with Crippen molar-refractivity contribution >= 4 is 59.9 Å². The fourth-order valence-electron chi connectivity index (χ4n) is 9.04. The molecule has 0 unspecified atom stereocenters. The molecular weight excluding hydrogens is 705 g/mol. The molecule has 8 aromatic carbocycles. The van der Waals surface area contributed by atoms with E-state index in [9.17, 15) is 0 Å². The van der Waals surface area contributed by atoms with E-state index < -0.39 is 0 Å². The predicted molar refractivity (Wildman–Crippen MR) is 242 cm³/mol. The molecule has 12 aromatic rings. The summed E-state index contributed by atoms with van der Waals surface area (Å²) in [6.45, 7) is 0. The largest absolute Gasteiger partial charge is 0.307 e. The minimum atomic E-state index is 0.626. The monoisotopic (exact) mass is 738 g/mol. The van der Waals surface area contributed by atoms with Crippen molar-refractivity contribution in [3.05, 3.63) is 206 Å². The van der Waals surface area contributed by atoms with Crippen LogP contribution in [0.4, 0.5) is 0 Å². The third kappa shape index (κ3) is 5.02. The van der Waals surface area contributed by atoms with E-state index >= 15 is 0 Å². The van der Waals surface area contributed by atoms with E-state index in [1.807, 2.05) is 0 Å². The van der Waals surface area contributed by atoms with E-state index in [-0.39, 0.29) is 0 Å². The maximum absolute atomic E-state index is 5.51. The second-order valence-corrected chi connectivity index (χ2v) is 15.0. The Balaban J connectivity index is 1.20. The van der Waals surface area contributed by atoms with Crippen LogP contribution in [0, 0.1) is 0 Å². The van der Waals surface area contributed by atoms with Crippen LogP contribution >= 0.6 is 0 Å². The van der Waals surface area contributed by atoms with Gasteiger partial charge >= 0.3 is 0 Å². The molecule has 0 radical (unpaired) electrons. The van der Waals surface area contributed by atoms with Crippen LogP contribution in [0.3, 0.4) is 0 Å². The maximum Gasteiger partial charge on any atom is 0.235 e. The van der Waals surface area contributed by atoms with Crippen molar-refractivity contribution in [2.45, 2.75) is 0 Å². The minimum Gasteiger partial charge on any atom is -0.307 e. The van der Waals surface area contributed by atoms with Crippen molar-refractivity contribution in [1.82, 2.24) is 18.9 Å². The SMILES string of the molecule is c1ccc(-c2cccc(-c3cc(-c4cccc(-c5ccccc5)c4)nc(-n4c5ccccc5c5ccc6cc7c8ccccc8c8ccccc8n7c6c54)n3)c2)cc1. The van der Waals surface area contributed by atoms with Gasteiger partial charge < -0.3 is 4.40 Å². The zero-order chi connectivity index (χ0) is 38.2. The number of para-hydroxylation sites is 2. The molecule has 0 spiro atoms. The predicted octanol–water partition coefficient (Wildman–Crippen LogP) is 14.0. The second-order valence-electron chi connectivity index (χ2n) is 15.0. The van der Waals surface area contributed by atoms with Crippen LogP contribution in [0.1, 0.15) is 0 Å². The standard InChI is InChI=1S/C54H34N4/c1-3-15-35(16-4-1)37-19-13-21-39(31-37)47-34-48(40-22-14-20-38(32-40)36-17-5-2-6-18-36)56-54(55-47)58-50-28-12-10-26-45(50)46-30-29-41-33-51-44-25-8-7-23-42(44)43-24-9-11-27-49(43)57(51)52(41)53(46)58/h1-34H. The first-order valence-corrected chi connectivity index (χ1v) is 19.7. The zero-order valence-corrected chi connectivity index (χ0v) is 31.4. The van der Waals surface area contributed by atoms with Gasteiger partial charge in [0.2, 0.25) is 5.95 Å². The van der Waals surface area contributed by atoms with Gasteiger partial charge in [0.1, 0.15) is 0 Å². The lowest BCUT2D eigenvalue weighted by atomic mass is 9.99. The second kappa shape index (κ2) is 12.9. The van der Waals surface area contributed by atoms with Gasteiger partial charge in [-0.2, -0.15) is 0 Å². The van der Waals surface area contributed by atoms with Crippen LogP contribution in [0.2, 0.25) is 0 Å². The summed E-state index contributed by atoms with van der Waals surface area (Å²) in [5.41, 5.74) is 14.0. The smallest absolute Gasteiger partial charge is 0.235 e. The minimum absolute atomic E-state index is 0.626. The number of benzene rings is 8. The van der Waals surface area contributed by atoms with Gasteiger partial charge in [-0.15, -0.1) is 0 Å². The van der Waals surface area contributed by atoms with Crippen LogP contribution in [0.15, 0.2) is 206 Å². The highest BCUT2D eigenvalue weighted by molar-refractivity contribution is 6.22. The Hall–Kier alpha value is -7.82. The van der Waals surface area contributed by atoms with Gasteiger partial charge in [0.25, 0.3) is 0 Å². The van der Waals surface area contributed by atoms with Crippen LogP contribution < -0.4 is 0 Å². The van der Waals surface area contributed by atoms with Crippen LogP contribution in [0.5, 0.6) is 0 Å².